The van der Waals surface area contributed by atoms with E-state index < -0.39 is 0 Å². The van der Waals surface area contributed by atoms with Gasteiger partial charge in [-0.15, -0.1) is 0 Å². The van der Waals surface area contributed by atoms with Crippen LogP contribution in [0.5, 0.6) is 0 Å². The lowest BCUT2D eigenvalue weighted by Crippen LogP contribution is -2.18. The Morgan fingerprint density at radius 2 is 2.14 bits per heavy atom. The molecule has 4 heteroatoms. The minimum absolute atomic E-state index is 0.0961. The molecule has 0 atom stereocenters. The van der Waals surface area contributed by atoms with Gasteiger partial charge in [0.2, 0.25) is 0 Å². The first-order chi connectivity index (χ1) is 6.68. The zero-order valence-corrected chi connectivity index (χ0v) is 7.82. The normalized spacial score (nSPS) is 10.4. The van der Waals surface area contributed by atoms with Crippen LogP contribution in [0.3, 0.4) is 0 Å². The van der Waals surface area contributed by atoms with Crippen LogP contribution in [0.1, 0.15) is 0 Å². The van der Waals surface area contributed by atoms with Crippen molar-refractivity contribution >= 4 is 5.82 Å². The van der Waals surface area contributed by atoms with Gasteiger partial charge in [0.05, 0.1) is 0 Å². The first-order valence-electron chi connectivity index (χ1n) is 4.28. The van der Waals surface area contributed by atoms with E-state index >= 15 is 0 Å². The minimum Gasteiger partial charge on any atom is -0.385 e. The number of anilines is 1. The summed E-state index contributed by atoms with van der Waals surface area (Å²) in [7, 11) is 1.65. The number of hydrogen-bond donors (Lipinski definition) is 2. The monoisotopic (exact) mass is 189 g/mol. The average molecular weight is 189 g/mol. The fourth-order valence-corrected chi connectivity index (χ4v) is 1.33. The van der Waals surface area contributed by atoms with Crippen LogP contribution in [0.2, 0.25) is 0 Å². The number of H-pyrrole nitrogens is 1. The van der Waals surface area contributed by atoms with E-state index in [0.717, 1.165) is 11.1 Å². The van der Waals surface area contributed by atoms with Gasteiger partial charge in [0, 0.05) is 25.5 Å². The number of nitrogens with one attached hydrogen (secondary N) is 1. The fraction of sp³-hybridized carbons (Fsp3) is 0.100. The Labute approximate surface area is 81.0 Å². The highest BCUT2D eigenvalue weighted by atomic mass is 16.1. The molecule has 0 aromatic carbocycles. The fourth-order valence-electron chi connectivity index (χ4n) is 1.33. The molecule has 2 heterocycles. The second-order valence-corrected chi connectivity index (χ2v) is 3.17. The maximum absolute atomic E-state index is 11.4. The van der Waals surface area contributed by atoms with Gasteiger partial charge >= 0.3 is 0 Å². The zero-order valence-electron chi connectivity index (χ0n) is 7.82. The maximum Gasteiger partial charge on any atom is 0.252 e. The van der Waals surface area contributed by atoms with E-state index in [9.17, 15) is 4.79 Å². The van der Waals surface area contributed by atoms with Crippen molar-refractivity contribution in [3.8, 4) is 11.1 Å². The number of nitrogens with two attached hydrogens (primary N) is 1. The summed E-state index contributed by atoms with van der Waals surface area (Å²) in [6, 6.07) is 5.25. The molecule has 0 fully saturated rings. The lowest BCUT2D eigenvalue weighted by Gasteiger charge is -2.04. The van der Waals surface area contributed by atoms with E-state index in [1.165, 1.54) is 4.57 Å². The van der Waals surface area contributed by atoms with Crippen LogP contribution in [0.15, 0.2) is 35.4 Å². The average Bonchev–Trinajstić information content (AvgIpc) is 2.66. The summed E-state index contributed by atoms with van der Waals surface area (Å²) in [6.45, 7) is 0. The highest BCUT2D eigenvalue weighted by molar-refractivity contribution is 5.65. The van der Waals surface area contributed by atoms with E-state index in [4.69, 9.17) is 5.73 Å². The summed E-state index contributed by atoms with van der Waals surface area (Å²) in [5.74, 6) is 0.466. The zero-order chi connectivity index (χ0) is 10.1. The Kier molecular flexibility index (Phi) is 1.89. The predicted octanol–water partition coefficient (Wildman–Crippen LogP) is 0.963. The van der Waals surface area contributed by atoms with Crippen LogP contribution < -0.4 is 11.3 Å². The lowest BCUT2D eigenvalue weighted by molar-refractivity contribution is 0.876. The highest BCUT2D eigenvalue weighted by Gasteiger charge is 2.02. The SMILES string of the molecule is Cn1c(N)cc(-c2cc[nH]c2)cc1=O. The van der Waals surface area contributed by atoms with Crippen LogP contribution >= 0.6 is 0 Å². The van der Waals surface area contributed by atoms with Gasteiger partial charge in [-0.05, 0) is 23.3 Å². The number of nitrogens with zero attached hydrogens (tertiary/aromatic N) is 1. The molecule has 0 radical (unpaired) electrons. The molecule has 0 aliphatic rings. The van der Waals surface area contributed by atoms with Gasteiger partial charge in [0.1, 0.15) is 5.82 Å². The molecule has 3 N–H and O–H groups in total. The maximum atomic E-state index is 11.4. The number of aromatic amines is 1. The van der Waals surface area contributed by atoms with Crippen LogP contribution in [0.4, 0.5) is 5.82 Å². The van der Waals surface area contributed by atoms with Crippen molar-refractivity contribution in [1.29, 1.82) is 0 Å². The van der Waals surface area contributed by atoms with Crippen molar-refractivity contribution in [2.75, 3.05) is 5.73 Å². The Bertz CT molecular complexity index is 497. The lowest BCUT2D eigenvalue weighted by atomic mass is 10.1. The molecule has 0 unspecified atom stereocenters. The van der Waals surface area contributed by atoms with Gasteiger partial charge in [0.15, 0.2) is 0 Å². The molecule has 2 rings (SSSR count). The summed E-state index contributed by atoms with van der Waals surface area (Å²) in [4.78, 5) is 14.4. The number of pyridine rings is 1. The molecule has 0 bridgehead atoms. The van der Waals surface area contributed by atoms with Gasteiger partial charge in [-0.2, -0.15) is 0 Å². The molecular weight excluding hydrogens is 178 g/mol. The standard InChI is InChI=1S/C10H11N3O/c1-13-9(11)4-8(5-10(13)14)7-2-3-12-6-7/h2-6,12H,11H2,1H3. The van der Waals surface area contributed by atoms with Gasteiger partial charge in [-0.25, -0.2) is 0 Å². The summed E-state index contributed by atoms with van der Waals surface area (Å²) in [6.07, 6.45) is 3.64. The molecular formula is C10H11N3O. The van der Waals surface area contributed by atoms with Crippen molar-refractivity contribution in [3.05, 3.63) is 40.9 Å². The van der Waals surface area contributed by atoms with E-state index in [-0.39, 0.29) is 5.56 Å². The van der Waals surface area contributed by atoms with Gasteiger partial charge in [-0.1, -0.05) is 0 Å². The number of nitrogen functional groups attached to an aromatic ring is 1. The van der Waals surface area contributed by atoms with Gasteiger partial charge in [0.25, 0.3) is 5.56 Å². The van der Waals surface area contributed by atoms with Gasteiger partial charge in [-0.3, -0.25) is 9.36 Å². The Hall–Kier alpha value is -1.97. The van der Waals surface area contributed by atoms with E-state index in [2.05, 4.69) is 4.98 Å². The topological polar surface area (TPSA) is 63.8 Å². The summed E-state index contributed by atoms with van der Waals surface area (Å²) >= 11 is 0. The molecule has 0 saturated heterocycles. The second-order valence-electron chi connectivity index (χ2n) is 3.17. The molecule has 0 spiro atoms. The van der Waals surface area contributed by atoms with Crippen LogP contribution in [0.25, 0.3) is 11.1 Å². The van der Waals surface area contributed by atoms with E-state index in [0.29, 0.717) is 5.82 Å². The van der Waals surface area contributed by atoms with Crippen molar-refractivity contribution in [3.63, 3.8) is 0 Å². The van der Waals surface area contributed by atoms with Crippen LogP contribution in [-0.4, -0.2) is 9.55 Å². The first kappa shape index (κ1) is 8.62. The number of hydrogen-bond acceptors (Lipinski definition) is 2. The molecule has 2 aromatic heterocycles. The summed E-state index contributed by atoms with van der Waals surface area (Å²) in [5, 5.41) is 0. The third-order valence-electron chi connectivity index (χ3n) is 2.23. The molecule has 0 aliphatic heterocycles. The molecule has 0 amide bonds. The van der Waals surface area contributed by atoms with Crippen molar-refractivity contribution in [2.45, 2.75) is 0 Å². The summed E-state index contributed by atoms with van der Waals surface area (Å²) in [5.41, 5.74) is 7.39. The second kappa shape index (κ2) is 3.06. The first-order valence-corrected chi connectivity index (χ1v) is 4.28. The molecule has 2 aromatic rings. The third kappa shape index (κ3) is 1.31. The summed E-state index contributed by atoms with van der Waals surface area (Å²) < 4.78 is 1.41. The third-order valence-corrected chi connectivity index (χ3v) is 2.23. The van der Waals surface area contributed by atoms with Gasteiger partial charge < -0.3 is 10.7 Å². The Morgan fingerprint density at radius 3 is 2.71 bits per heavy atom. The number of aromatic nitrogens is 2. The van der Waals surface area contributed by atoms with Crippen molar-refractivity contribution in [1.82, 2.24) is 9.55 Å². The molecule has 14 heavy (non-hydrogen) atoms. The molecule has 72 valence electrons. The smallest absolute Gasteiger partial charge is 0.252 e. The quantitative estimate of drug-likeness (QED) is 0.701. The van der Waals surface area contributed by atoms with E-state index in [1.54, 1.807) is 19.2 Å². The Balaban J connectivity index is 2.63. The largest absolute Gasteiger partial charge is 0.385 e. The number of rotatable bonds is 1. The predicted molar refractivity (Wildman–Crippen MR) is 55.9 cm³/mol. The van der Waals surface area contributed by atoms with Crippen LogP contribution in [-0.2, 0) is 7.05 Å². The molecule has 0 saturated carbocycles. The van der Waals surface area contributed by atoms with Crippen molar-refractivity contribution < 1.29 is 0 Å². The molecule has 0 aliphatic carbocycles. The highest BCUT2D eigenvalue weighted by Crippen LogP contribution is 2.18. The van der Waals surface area contributed by atoms with Crippen LogP contribution in [0, 0.1) is 0 Å². The van der Waals surface area contributed by atoms with Crippen molar-refractivity contribution in [2.24, 2.45) is 7.05 Å². The molecule has 4 nitrogen and oxygen atoms in total. The Morgan fingerprint density at radius 1 is 1.36 bits per heavy atom. The minimum atomic E-state index is -0.0961. The van der Waals surface area contributed by atoms with E-state index in [1.807, 2.05) is 18.5 Å².